The topological polar surface area (TPSA) is 76.5 Å². The van der Waals surface area contributed by atoms with Gasteiger partial charge in [0.2, 0.25) is 10.0 Å². The lowest BCUT2D eigenvalue weighted by Gasteiger charge is -2.26. The lowest BCUT2D eigenvalue weighted by molar-refractivity contribution is 0.0730. The summed E-state index contributed by atoms with van der Waals surface area (Å²) in [6, 6.07) is 11.9. The molecule has 1 fully saturated rings. The van der Waals surface area contributed by atoms with Crippen LogP contribution in [-0.4, -0.2) is 48.6 Å². The van der Waals surface area contributed by atoms with Crippen LogP contribution >= 0.6 is 0 Å². The molecule has 0 unspecified atom stereocenters. The predicted molar refractivity (Wildman–Crippen MR) is 110 cm³/mol. The van der Waals surface area contributed by atoms with Crippen molar-refractivity contribution in [1.29, 1.82) is 0 Å². The molecule has 4 rings (SSSR count). The van der Waals surface area contributed by atoms with Crippen LogP contribution in [0.2, 0.25) is 0 Å². The molecule has 0 saturated carbocycles. The van der Waals surface area contributed by atoms with E-state index in [1.165, 1.54) is 10.4 Å². The first-order valence-corrected chi connectivity index (χ1v) is 11.1. The first kappa shape index (κ1) is 20.7. The normalized spacial score (nSPS) is 15.4. The molecule has 1 saturated heterocycles. The number of morpholine rings is 1. The number of imidazole rings is 1. The van der Waals surface area contributed by atoms with Crippen LogP contribution in [0.15, 0.2) is 66.1 Å². The van der Waals surface area contributed by atoms with Crippen molar-refractivity contribution >= 4 is 10.0 Å². The third-order valence-electron chi connectivity index (χ3n) is 4.98. The molecule has 3 aromatic rings. The highest BCUT2D eigenvalue weighted by Crippen LogP contribution is 2.18. The van der Waals surface area contributed by atoms with Crippen LogP contribution in [0, 0.1) is 5.82 Å². The smallest absolute Gasteiger partial charge is 0.243 e. The first-order valence-electron chi connectivity index (χ1n) is 9.68. The Morgan fingerprint density at radius 1 is 1.03 bits per heavy atom. The van der Waals surface area contributed by atoms with Crippen molar-refractivity contribution in [3.8, 4) is 5.69 Å². The second-order valence-corrected chi connectivity index (χ2v) is 8.96. The molecule has 2 heterocycles. The molecule has 1 aliphatic rings. The van der Waals surface area contributed by atoms with E-state index in [1.807, 2.05) is 6.07 Å². The van der Waals surface area contributed by atoms with Crippen LogP contribution < -0.4 is 5.32 Å². The van der Waals surface area contributed by atoms with Gasteiger partial charge in [0.1, 0.15) is 5.82 Å². The van der Waals surface area contributed by atoms with Gasteiger partial charge in [-0.05, 0) is 35.4 Å². The Bertz CT molecular complexity index is 1080. The Hall–Kier alpha value is -2.59. The second kappa shape index (κ2) is 9.05. The van der Waals surface area contributed by atoms with Gasteiger partial charge in [0.05, 0.1) is 30.1 Å². The minimum absolute atomic E-state index is 0.283. The SMILES string of the molecule is O=S(=O)(c1ccc(CNCc2ccc(-n3ccnc3)c(F)c2)cc1)N1CCOCC1. The lowest BCUT2D eigenvalue weighted by atomic mass is 10.1. The van der Waals surface area contributed by atoms with Crippen LogP contribution in [0.3, 0.4) is 0 Å². The summed E-state index contributed by atoms with van der Waals surface area (Å²) in [5.74, 6) is -0.315. The van der Waals surface area contributed by atoms with E-state index in [0.29, 0.717) is 45.1 Å². The van der Waals surface area contributed by atoms with Gasteiger partial charge >= 0.3 is 0 Å². The molecular formula is C21H23FN4O3S. The number of hydrogen-bond donors (Lipinski definition) is 1. The van der Waals surface area contributed by atoms with Gasteiger partial charge in [-0.15, -0.1) is 0 Å². The Kier molecular flexibility index (Phi) is 6.24. The number of halogens is 1. The van der Waals surface area contributed by atoms with Gasteiger partial charge < -0.3 is 14.6 Å². The van der Waals surface area contributed by atoms with Gasteiger partial charge in [-0.3, -0.25) is 0 Å². The van der Waals surface area contributed by atoms with Crippen LogP contribution in [0.4, 0.5) is 4.39 Å². The summed E-state index contributed by atoms with van der Waals surface area (Å²) in [6.07, 6.45) is 4.85. The number of ether oxygens (including phenoxy) is 1. The molecule has 1 N–H and O–H groups in total. The van der Waals surface area contributed by atoms with Crippen molar-refractivity contribution in [3.05, 3.63) is 78.1 Å². The number of aromatic nitrogens is 2. The molecule has 0 radical (unpaired) electrons. The number of benzene rings is 2. The minimum atomic E-state index is -3.49. The summed E-state index contributed by atoms with van der Waals surface area (Å²) in [7, 11) is -3.49. The molecule has 0 spiro atoms. The molecule has 0 atom stereocenters. The molecule has 0 aliphatic carbocycles. The number of rotatable bonds is 7. The Morgan fingerprint density at radius 2 is 1.73 bits per heavy atom. The Labute approximate surface area is 175 Å². The molecule has 9 heteroatoms. The number of hydrogen-bond acceptors (Lipinski definition) is 5. The molecule has 158 valence electrons. The van der Waals surface area contributed by atoms with Crippen molar-refractivity contribution < 1.29 is 17.5 Å². The maximum absolute atomic E-state index is 14.3. The predicted octanol–water partition coefficient (Wildman–Crippen LogP) is 2.32. The van der Waals surface area contributed by atoms with Gasteiger partial charge in [0.15, 0.2) is 0 Å². The maximum Gasteiger partial charge on any atom is 0.243 e. The zero-order chi connectivity index (χ0) is 21.0. The number of nitrogens with zero attached hydrogens (tertiary/aromatic N) is 3. The number of nitrogens with one attached hydrogen (secondary N) is 1. The van der Waals surface area contributed by atoms with Crippen molar-refractivity contribution in [2.45, 2.75) is 18.0 Å². The summed E-state index contributed by atoms with van der Waals surface area (Å²) < 4.78 is 47.9. The van der Waals surface area contributed by atoms with E-state index >= 15 is 0 Å². The van der Waals surface area contributed by atoms with Crippen LogP contribution in [0.25, 0.3) is 5.69 Å². The van der Waals surface area contributed by atoms with Gasteiger partial charge in [-0.2, -0.15) is 4.31 Å². The van der Waals surface area contributed by atoms with Gasteiger partial charge in [-0.25, -0.2) is 17.8 Å². The van der Waals surface area contributed by atoms with Crippen LogP contribution in [0.1, 0.15) is 11.1 Å². The molecule has 1 aromatic heterocycles. The van der Waals surface area contributed by atoms with E-state index in [9.17, 15) is 12.8 Å². The zero-order valence-electron chi connectivity index (χ0n) is 16.4. The van der Waals surface area contributed by atoms with E-state index in [2.05, 4.69) is 10.3 Å². The third kappa shape index (κ3) is 4.59. The molecule has 30 heavy (non-hydrogen) atoms. The lowest BCUT2D eigenvalue weighted by Crippen LogP contribution is -2.40. The highest BCUT2D eigenvalue weighted by molar-refractivity contribution is 7.89. The van der Waals surface area contributed by atoms with Gasteiger partial charge in [0.25, 0.3) is 0 Å². The van der Waals surface area contributed by atoms with Crippen LogP contribution in [-0.2, 0) is 27.8 Å². The van der Waals surface area contributed by atoms with E-state index in [-0.39, 0.29) is 10.7 Å². The summed E-state index contributed by atoms with van der Waals surface area (Å²) in [6.45, 7) is 2.64. The Balaban J connectivity index is 1.34. The molecule has 7 nitrogen and oxygen atoms in total. The van der Waals surface area contributed by atoms with Gasteiger partial charge in [-0.1, -0.05) is 18.2 Å². The standard InChI is InChI=1S/C21H23FN4O3S/c22-20-13-18(3-6-21(20)25-8-7-23-16-25)15-24-14-17-1-4-19(5-2-17)30(27,28)26-9-11-29-12-10-26/h1-8,13,16,24H,9-12,14-15H2. The van der Waals surface area contributed by atoms with Crippen LogP contribution in [0.5, 0.6) is 0 Å². The van der Waals surface area contributed by atoms with Crippen molar-refractivity contribution in [3.63, 3.8) is 0 Å². The second-order valence-electron chi connectivity index (χ2n) is 7.02. The molecule has 0 amide bonds. The maximum atomic E-state index is 14.3. The van der Waals surface area contributed by atoms with E-state index < -0.39 is 10.0 Å². The largest absolute Gasteiger partial charge is 0.379 e. The highest BCUT2D eigenvalue weighted by atomic mass is 32.2. The monoisotopic (exact) mass is 430 g/mol. The fraction of sp³-hybridized carbons (Fsp3) is 0.286. The average Bonchev–Trinajstić information content (AvgIpc) is 3.29. The number of sulfonamides is 1. The van der Waals surface area contributed by atoms with E-state index in [0.717, 1.165) is 11.1 Å². The molecule has 1 aliphatic heterocycles. The zero-order valence-corrected chi connectivity index (χ0v) is 17.2. The fourth-order valence-corrected chi connectivity index (χ4v) is 4.75. The van der Waals surface area contributed by atoms with Crippen molar-refractivity contribution in [1.82, 2.24) is 19.2 Å². The average molecular weight is 431 g/mol. The molecule has 2 aromatic carbocycles. The summed E-state index contributed by atoms with van der Waals surface area (Å²) in [5, 5.41) is 3.26. The quantitative estimate of drug-likeness (QED) is 0.623. The van der Waals surface area contributed by atoms with Crippen molar-refractivity contribution in [2.24, 2.45) is 0 Å². The minimum Gasteiger partial charge on any atom is -0.379 e. The van der Waals surface area contributed by atoms with Gasteiger partial charge in [0, 0.05) is 38.6 Å². The molecular weight excluding hydrogens is 407 g/mol. The highest BCUT2D eigenvalue weighted by Gasteiger charge is 2.25. The molecule has 0 bridgehead atoms. The fourth-order valence-electron chi connectivity index (χ4n) is 3.34. The summed E-state index contributed by atoms with van der Waals surface area (Å²) >= 11 is 0. The Morgan fingerprint density at radius 3 is 2.40 bits per heavy atom. The van der Waals surface area contributed by atoms with E-state index in [1.54, 1.807) is 53.6 Å². The summed E-state index contributed by atoms with van der Waals surface area (Å²) in [5.41, 5.74) is 2.22. The first-order chi connectivity index (χ1) is 14.5. The third-order valence-corrected chi connectivity index (χ3v) is 6.90. The van der Waals surface area contributed by atoms with E-state index in [4.69, 9.17) is 4.74 Å². The van der Waals surface area contributed by atoms with Crippen molar-refractivity contribution in [2.75, 3.05) is 26.3 Å². The summed E-state index contributed by atoms with van der Waals surface area (Å²) in [4.78, 5) is 4.21.